The number of fused-ring (bicyclic) bond motifs is 5. The molecule has 71 heavy (non-hydrogen) atoms. The molecule has 0 amide bonds. The fourth-order valence-corrected chi connectivity index (χ4v) is 13.6. The second-order valence-corrected chi connectivity index (χ2v) is 23.6. The monoisotopic (exact) mass is 971 g/mol. The number of esters is 1. The van der Waals surface area contributed by atoms with Crippen LogP contribution < -0.4 is 0 Å². The van der Waals surface area contributed by atoms with Crippen LogP contribution in [0.1, 0.15) is 253 Å². The third kappa shape index (κ3) is 23.3. The number of rotatable bonds is 37. The molecule has 4 aliphatic carbocycles. The first kappa shape index (κ1) is 60.4. The third-order valence-electron chi connectivity index (χ3n) is 17.7. The highest BCUT2D eigenvalue weighted by molar-refractivity contribution is 5.69. The van der Waals surface area contributed by atoms with Gasteiger partial charge in [-0.2, -0.15) is 0 Å². The van der Waals surface area contributed by atoms with Crippen molar-refractivity contribution < 1.29 is 9.53 Å². The normalized spacial score (nSPS) is 26.5. The minimum Gasteiger partial charge on any atom is -0.462 e. The van der Waals surface area contributed by atoms with Crippen molar-refractivity contribution in [1.29, 1.82) is 0 Å². The molecular weight excluding hydrogens is 861 g/mol. The van der Waals surface area contributed by atoms with Gasteiger partial charge in [-0.1, -0.05) is 240 Å². The molecule has 0 spiro atoms. The van der Waals surface area contributed by atoms with E-state index < -0.39 is 0 Å². The molecule has 398 valence electrons. The molecule has 0 heterocycles. The molecule has 2 heteroatoms. The maximum absolute atomic E-state index is 13.0. The van der Waals surface area contributed by atoms with Gasteiger partial charge in [-0.15, -0.1) is 0 Å². The summed E-state index contributed by atoms with van der Waals surface area (Å²) in [6, 6.07) is 0. The van der Waals surface area contributed by atoms with Crippen molar-refractivity contribution >= 4 is 5.97 Å². The van der Waals surface area contributed by atoms with E-state index in [2.05, 4.69) is 157 Å². The quantitative estimate of drug-likeness (QED) is 0.0352. The van der Waals surface area contributed by atoms with Crippen LogP contribution in [-0.2, 0) is 9.53 Å². The Morgan fingerprint density at radius 2 is 1.03 bits per heavy atom. The largest absolute Gasteiger partial charge is 0.462 e. The van der Waals surface area contributed by atoms with Gasteiger partial charge in [0.15, 0.2) is 0 Å². The lowest BCUT2D eigenvalue weighted by Crippen LogP contribution is -2.51. The third-order valence-corrected chi connectivity index (χ3v) is 17.7. The Hall–Kier alpha value is -3.13. The van der Waals surface area contributed by atoms with Crippen LogP contribution in [0.4, 0.5) is 0 Å². The Labute approximate surface area is 440 Å². The van der Waals surface area contributed by atoms with Crippen molar-refractivity contribution in [2.24, 2.45) is 46.3 Å². The SMILES string of the molecule is CC/C=C\C/C=C\C/C=C\C/C=C\C/C=C\C/C=C\C/C=C\C/C=C\C/C=C\CCCCCCCCCCCCCC(=O)OC1CCC2(C)C(=CCC3C2CCC2(C)C(C(C)CCCC(C)C)CCC32)C1. The van der Waals surface area contributed by atoms with Crippen molar-refractivity contribution in [3.05, 3.63) is 121 Å². The van der Waals surface area contributed by atoms with E-state index in [1.807, 2.05) is 0 Å². The minimum absolute atomic E-state index is 0.0560. The first-order valence-electron chi connectivity index (χ1n) is 30.4. The van der Waals surface area contributed by atoms with Crippen LogP contribution >= 0.6 is 0 Å². The molecule has 3 fully saturated rings. The van der Waals surface area contributed by atoms with Crippen LogP contribution in [0.2, 0.25) is 0 Å². The van der Waals surface area contributed by atoms with Crippen molar-refractivity contribution in [2.45, 2.75) is 260 Å². The van der Waals surface area contributed by atoms with Crippen molar-refractivity contribution in [2.75, 3.05) is 0 Å². The van der Waals surface area contributed by atoms with Crippen LogP contribution in [0.3, 0.4) is 0 Å². The number of carbonyl (C=O) groups excluding carboxylic acids is 1. The molecule has 0 aromatic rings. The molecule has 4 aliphatic rings. The van der Waals surface area contributed by atoms with Gasteiger partial charge < -0.3 is 4.74 Å². The Morgan fingerprint density at radius 3 is 1.54 bits per heavy atom. The van der Waals surface area contributed by atoms with Crippen molar-refractivity contribution in [3.63, 3.8) is 0 Å². The molecule has 0 radical (unpaired) electrons. The van der Waals surface area contributed by atoms with Gasteiger partial charge in [-0.25, -0.2) is 0 Å². The highest BCUT2D eigenvalue weighted by Gasteiger charge is 2.59. The number of carbonyl (C=O) groups is 1. The molecule has 0 aliphatic heterocycles. The van der Waals surface area contributed by atoms with E-state index in [1.165, 1.54) is 122 Å². The second kappa shape index (κ2) is 36.7. The van der Waals surface area contributed by atoms with E-state index in [4.69, 9.17) is 4.74 Å². The second-order valence-electron chi connectivity index (χ2n) is 23.6. The van der Waals surface area contributed by atoms with E-state index in [-0.39, 0.29) is 12.1 Å². The number of hydrogen-bond acceptors (Lipinski definition) is 2. The molecule has 8 unspecified atom stereocenters. The number of allylic oxidation sites excluding steroid dienone is 19. The first-order valence-corrected chi connectivity index (χ1v) is 30.4. The molecule has 3 saturated carbocycles. The maximum atomic E-state index is 13.0. The Morgan fingerprint density at radius 1 is 0.549 bits per heavy atom. The van der Waals surface area contributed by atoms with E-state index in [0.29, 0.717) is 17.3 Å². The van der Waals surface area contributed by atoms with Crippen LogP contribution in [0.25, 0.3) is 0 Å². The van der Waals surface area contributed by atoms with E-state index in [1.54, 1.807) is 5.57 Å². The fourth-order valence-electron chi connectivity index (χ4n) is 13.6. The summed E-state index contributed by atoms with van der Waals surface area (Å²) in [7, 11) is 0. The lowest BCUT2D eigenvalue weighted by Gasteiger charge is -2.58. The van der Waals surface area contributed by atoms with Crippen LogP contribution in [0, 0.1) is 46.3 Å². The van der Waals surface area contributed by atoms with Gasteiger partial charge in [0.2, 0.25) is 0 Å². The number of unbranched alkanes of at least 4 members (excludes halogenated alkanes) is 11. The average molecular weight is 972 g/mol. The van der Waals surface area contributed by atoms with Crippen LogP contribution in [0.5, 0.6) is 0 Å². The molecular formula is C69H110O2. The highest BCUT2D eigenvalue weighted by atomic mass is 16.5. The maximum Gasteiger partial charge on any atom is 0.306 e. The Bertz CT molecular complexity index is 1720. The van der Waals surface area contributed by atoms with Gasteiger partial charge in [0.05, 0.1) is 0 Å². The highest BCUT2D eigenvalue weighted by Crippen LogP contribution is 2.67. The summed E-state index contributed by atoms with van der Waals surface area (Å²) in [5.74, 6) is 5.27. The molecule has 2 nitrogen and oxygen atoms in total. The summed E-state index contributed by atoms with van der Waals surface area (Å²) in [4.78, 5) is 13.0. The molecule has 0 saturated heterocycles. The summed E-state index contributed by atoms with van der Waals surface area (Å²) < 4.78 is 6.18. The van der Waals surface area contributed by atoms with Crippen LogP contribution in [0.15, 0.2) is 121 Å². The molecule has 8 atom stereocenters. The van der Waals surface area contributed by atoms with Gasteiger partial charge >= 0.3 is 5.97 Å². The summed E-state index contributed by atoms with van der Waals surface area (Å²) in [6.07, 6.45) is 83.4. The van der Waals surface area contributed by atoms with E-state index >= 15 is 0 Å². The van der Waals surface area contributed by atoms with Gasteiger partial charge in [-0.05, 0) is 168 Å². The summed E-state index contributed by atoms with van der Waals surface area (Å²) >= 11 is 0. The fraction of sp³-hybridized carbons (Fsp3) is 0.696. The van der Waals surface area contributed by atoms with E-state index in [9.17, 15) is 4.79 Å². The topological polar surface area (TPSA) is 26.3 Å². The predicted molar refractivity (Wildman–Crippen MR) is 312 cm³/mol. The Balaban J connectivity index is 0.898. The minimum atomic E-state index is 0.0560. The predicted octanol–water partition coefficient (Wildman–Crippen LogP) is 21.5. The zero-order valence-corrected chi connectivity index (χ0v) is 47.2. The smallest absolute Gasteiger partial charge is 0.306 e. The van der Waals surface area contributed by atoms with Gasteiger partial charge in [0.25, 0.3) is 0 Å². The summed E-state index contributed by atoms with van der Waals surface area (Å²) in [6.45, 7) is 14.8. The molecule has 0 aromatic carbocycles. The Kier molecular flexibility index (Phi) is 31.3. The summed E-state index contributed by atoms with van der Waals surface area (Å²) in [5.41, 5.74) is 2.51. The number of hydrogen-bond donors (Lipinski definition) is 0. The first-order chi connectivity index (χ1) is 34.7. The molecule has 0 aromatic heterocycles. The van der Waals surface area contributed by atoms with Crippen molar-refractivity contribution in [1.82, 2.24) is 0 Å². The molecule has 4 rings (SSSR count). The zero-order chi connectivity index (χ0) is 50.7. The number of ether oxygens (including phenoxy) is 1. The lowest BCUT2D eigenvalue weighted by molar-refractivity contribution is -0.151. The van der Waals surface area contributed by atoms with E-state index in [0.717, 1.165) is 119 Å². The standard InChI is InChI=1S/C69H110O2/c1-7-8-9-10-11-12-13-14-15-16-17-18-19-20-21-22-23-24-25-26-27-28-29-30-31-32-33-34-35-36-37-38-39-40-41-42-43-44-45-49-67(70)71-62-54-56-68(5)61(58-62)50-51-63-65-53-52-64(60(4)48-46-47-59(2)3)69(65,6)57-55-66(63)68/h8-9,11-12,14-15,17-18,20-21,23-24,26-27,29-30,32-33,50,59-60,62-66H,7,10,13,16,19,22,25,28,31,34-49,51-58H2,1-6H3/b9-8-,12-11-,15-14-,18-17-,21-20-,24-23-,27-26-,30-29-,33-32-. The lowest BCUT2D eigenvalue weighted by atomic mass is 9.47. The summed E-state index contributed by atoms with van der Waals surface area (Å²) in [5, 5.41) is 0. The zero-order valence-electron chi connectivity index (χ0n) is 47.2. The van der Waals surface area contributed by atoms with Gasteiger partial charge in [0, 0.05) is 12.8 Å². The van der Waals surface area contributed by atoms with Gasteiger partial charge in [-0.3, -0.25) is 4.79 Å². The average Bonchev–Trinajstić information content (AvgIpc) is 3.72. The van der Waals surface area contributed by atoms with Crippen molar-refractivity contribution in [3.8, 4) is 0 Å². The van der Waals surface area contributed by atoms with Crippen LogP contribution in [-0.4, -0.2) is 12.1 Å². The molecule has 0 bridgehead atoms. The molecule has 0 N–H and O–H groups in total. The van der Waals surface area contributed by atoms with Gasteiger partial charge in [0.1, 0.15) is 6.10 Å².